The van der Waals surface area contributed by atoms with Crippen LogP contribution in [-0.2, 0) is 14.8 Å². The highest BCUT2D eigenvalue weighted by Gasteiger charge is 2.38. The van der Waals surface area contributed by atoms with Crippen LogP contribution < -0.4 is 14.8 Å². The lowest BCUT2D eigenvalue weighted by atomic mass is 10.3. The van der Waals surface area contributed by atoms with Gasteiger partial charge in [0.05, 0.1) is 7.11 Å². The lowest BCUT2D eigenvalue weighted by molar-refractivity contribution is -0.117. The van der Waals surface area contributed by atoms with E-state index < -0.39 is 15.3 Å². The first-order valence-electron chi connectivity index (χ1n) is 5.24. The average molecular weight is 271 g/mol. The molecule has 18 heavy (non-hydrogen) atoms. The Morgan fingerprint density at radius 1 is 1.56 bits per heavy atom. The number of methoxy groups -OCH3 is 1. The number of sulfonamides is 1. The number of carbonyl (C=O) groups excluding carboxylic acids is 1. The van der Waals surface area contributed by atoms with Crippen LogP contribution in [-0.4, -0.2) is 38.2 Å². The molecule has 1 amide bonds. The Kier molecular flexibility index (Phi) is 3.22. The summed E-state index contributed by atoms with van der Waals surface area (Å²) in [6.07, 6.45) is 1.41. The monoisotopic (exact) mass is 271 g/mol. The predicted molar refractivity (Wildman–Crippen MR) is 64.7 cm³/mol. The number of ether oxygens (including phenoxy) is 1. The van der Waals surface area contributed by atoms with E-state index >= 15 is 0 Å². The molecular weight excluding hydrogens is 258 g/mol. The summed E-state index contributed by atoms with van der Waals surface area (Å²) in [5.41, 5.74) is 0.455. The zero-order chi connectivity index (χ0) is 13.3. The second-order valence-corrected chi connectivity index (χ2v) is 5.80. The molecule has 2 N–H and O–H groups in total. The molecule has 1 saturated heterocycles. The van der Waals surface area contributed by atoms with E-state index in [9.17, 15) is 13.2 Å². The Hall–Kier alpha value is -1.67. The number of carbonyl (C=O) groups is 1. The number of anilines is 1. The highest BCUT2D eigenvalue weighted by Crippen LogP contribution is 2.30. The number of primary sulfonamides is 1. The molecule has 1 fully saturated rings. The standard InChI is InChI=1S/C10H13N3O4S/c1-17-10-8(3-2-4-12-10)13-6-7(5-9(13)14)18(11,15)16/h2-4,7H,5-6H2,1H3,(H2,11,15,16). The van der Waals surface area contributed by atoms with Gasteiger partial charge in [0.1, 0.15) is 10.9 Å². The van der Waals surface area contributed by atoms with Crippen molar-refractivity contribution in [1.82, 2.24) is 4.98 Å². The van der Waals surface area contributed by atoms with Gasteiger partial charge in [0, 0.05) is 19.2 Å². The van der Waals surface area contributed by atoms with Crippen molar-refractivity contribution in [3.63, 3.8) is 0 Å². The molecule has 1 aliphatic heterocycles. The Labute approximate surface area is 105 Å². The second-order valence-electron chi connectivity index (χ2n) is 3.95. The van der Waals surface area contributed by atoms with E-state index in [4.69, 9.17) is 9.88 Å². The maximum absolute atomic E-state index is 11.8. The van der Waals surface area contributed by atoms with Crippen LogP contribution in [0.25, 0.3) is 0 Å². The molecule has 2 heterocycles. The first kappa shape index (κ1) is 12.8. The van der Waals surface area contributed by atoms with Crippen molar-refractivity contribution in [3.05, 3.63) is 18.3 Å². The molecule has 1 unspecified atom stereocenters. The maximum Gasteiger partial charge on any atom is 0.237 e. The first-order valence-corrected chi connectivity index (χ1v) is 6.85. The summed E-state index contributed by atoms with van der Waals surface area (Å²) in [6.45, 7) is 0.0275. The molecule has 1 aromatic rings. The fourth-order valence-corrected chi connectivity index (χ4v) is 2.60. The van der Waals surface area contributed by atoms with Crippen LogP contribution in [0.5, 0.6) is 5.88 Å². The van der Waals surface area contributed by atoms with E-state index in [0.717, 1.165) is 0 Å². The molecule has 1 aromatic heterocycles. The highest BCUT2D eigenvalue weighted by molar-refractivity contribution is 7.89. The third-order valence-electron chi connectivity index (χ3n) is 2.79. The SMILES string of the molecule is COc1ncccc1N1CC(S(N)(=O)=O)CC1=O. The van der Waals surface area contributed by atoms with Crippen LogP contribution in [0.2, 0.25) is 0 Å². The van der Waals surface area contributed by atoms with Gasteiger partial charge < -0.3 is 9.64 Å². The van der Waals surface area contributed by atoms with Gasteiger partial charge in [0.15, 0.2) is 0 Å². The van der Waals surface area contributed by atoms with Gasteiger partial charge >= 0.3 is 0 Å². The molecule has 2 rings (SSSR count). The number of pyridine rings is 1. The molecule has 0 saturated carbocycles. The Morgan fingerprint density at radius 2 is 2.28 bits per heavy atom. The molecule has 0 bridgehead atoms. The fraction of sp³-hybridized carbons (Fsp3) is 0.400. The van der Waals surface area contributed by atoms with E-state index in [-0.39, 0.29) is 24.8 Å². The largest absolute Gasteiger partial charge is 0.480 e. The van der Waals surface area contributed by atoms with E-state index in [1.54, 1.807) is 12.1 Å². The Morgan fingerprint density at radius 3 is 2.83 bits per heavy atom. The van der Waals surface area contributed by atoms with Crippen LogP contribution in [0, 0.1) is 0 Å². The van der Waals surface area contributed by atoms with Crippen molar-refractivity contribution >= 4 is 21.6 Å². The second kappa shape index (κ2) is 4.54. The first-order chi connectivity index (χ1) is 8.43. The molecule has 7 nitrogen and oxygen atoms in total. The normalized spacial score (nSPS) is 20.2. The predicted octanol–water partition coefficient (Wildman–Crippen LogP) is -0.516. The summed E-state index contributed by atoms with van der Waals surface area (Å²) in [6, 6.07) is 3.30. The zero-order valence-corrected chi connectivity index (χ0v) is 10.6. The number of amides is 1. The summed E-state index contributed by atoms with van der Waals surface area (Å²) >= 11 is 0. The van der Waals surface area contributed by atoms with Gasteiger partial charge in [-0.25, -0.2) is 18.5 Å². The topological polar surface area (TPSA) is 103 Å². The summed E-state index contributed by atoms with van der Waals surface area (Å²) in [5.74, 6) is -0.0266. The summed E-state index contributed by atoms with van der Waals surface area (Å²) in [4.78, 5) is 17.1. The van der Waals surface area contributed by atoms with Crippen molar-refractivity contribution in [1.29, 1.82) is 0 Å². The van der Waals surface area contributed by atoms with E-state index in [0.29, 0.717) is 5.69 Å². The molecule has 98 valence electrons. The van der Waals surface area contributed by atoms with Gasteiger partial charge in [-0.15, -0.1) is 0 Å². The van der Waals surface area contributed by atoms with Crippen LogP contribution in [0.4, 0.5) is 5.69 Å². The average Bonchev–Trinajstić information content (AvgIpc) is 2.71. The van der Waals surface area contributed by atoms with Gasteiger partial charge in [-0.3, -0.25) is 4.79 Å². The van der Waals surface area contributed by atoms with Crippen molar-refractivity contribution in [2.75, 3.05) is 18.6 Å². The van der Waals surface area contributed by atoms with Gasteiger partial charge in [0.2, 0.25) is 21.8 Å². The highest BCUT2D eigenvalue weighted by atomic mass is 32.2. The smallest absolute Gasteiger partial charge is 0.237 e. The third-order valence-corrected chi connectivity index (χ3v) is 4.03. The lowest BCUT2D eigenvalue weighted by Gasteiger charge is -2.18. The maximum atomic E-state index is 11.8. The molecule has 8 heteroatoms. The van der Waals surface area contributed by atoms with Crippen molar-refractivity contribution < 1.29 is 17.9 Å². The van der Waals surface area contributed by atoms with Crippen molar-refractivity contribution in [2.45, 2.75) is 11.7 Å². The molecule has 1 aliphatic rings. The minimum atomic E-state index is -3.72. The van der Waals surface area contributed by atoms with Crippen LogP contribution >= 0.6 is 0 Å². The van der Waals surface area contributed by atoms with E-state index in [2.05, 4.69) is 4.98 Å². The molecule has 1 atom stereocenters. The van der Waals surface area contributed by atoms with Gasteiger partial charge in [-0.05, 0) is 12.1 Å². The number of hydrogen-bond acceptors (Lipinski definition) is 5. The number of aromatic nitrogens is 1. The van der Waals surface area contributed by atoms with Gasteiger partial charge in [-0.1, -0.05) is 0 Å². The van der Waals surface area contributed by atoms with Crippen LogP contribution in [0.15, 0.2) is 18.3 Å². The van der Waals surface area contributed by atoms with Crippen LogP contribution in [0.3, 0.4) is 0 Å². The molecule has 0 aliphatic carbocycles. The summed E-state index contributed by atoms with van der Waals surface area (Å²) in [7, 11) is -2.29. The van der Waals surface area contributed by atoms with Crippen LogP contribution in [0.1, 0.15) is 6.42 Å². The quantitative estimate of drug-likeness (QED) is 0.797. The number of hydrogen-bond donors (Lipinski definition) is 1. The third kappa shape index (κ3) is 2.29. The van der Waals surface area contributed by atoms with E-state index in [1.807, 2.05) is 0 Å². The Bertz CT molecular complexity index is 572. The number of rotatable bonds is 3. The number of nitrogens with two attached hydrogens (primary N) is 1. The summed E-state index contributed by atoms with van der Waals surface area (Å²) < 4.78 is 27.6. The molecule has 0 radical (unpaired) electrons. The molecular formula is C10H13N3O4S. The molecule has 0 spiro atoms. The number of nitrogens with zero attached hydrogens (tertiary/aromatic N) is 2. The lowest BCUT2D eigenvalue weighted by Crippen LogP contribution is -2.32. The zero-order valence-electron chi connectivity index (χ0n) is 9.74. The molecule has 0 aromatic carbocycles. The van der Waals surface area contributed by atoms with E-state index in [1.165, 1.54) is 18.2 Å². The van der Waals surface area contributed by atoms with Crippen molar-refractivity contribution in [2.24, 2.45) is 5.14 Å². The minimum Gasteiger partial charge on any atom is -0.480 e. The fourth-order valence-electron chi connectivity index (χ4n) is 1.87. The van der Waals surface area contributed by atoms with Gasteiger partial charge in [0.25, 0.3) is 0 Å². The minimum absolute atomic E-state index is 0.0275. The Balaban J connectivity index is 2.33. The van der Waals surface area contributed by atoms with Crippen molar-refractivity contribution in [3.8, 4) is 5.88 Å². The summed E-state index contributed by atoms with van der Waals surface area (Å²) in [5, 5.41) is 4.18. The van der Waals surface area contributed by atoms with Gasteiger partial charge in [-0.2, -0.15) is 0 Å².